The molecular weight excluding hydrogens is 120 g/mol. The second-order valence-corrected chi connectivity index (χ2v) is 5.26. The van der Waals surface area contributed by atoms with Gasteiger partial charge in [0.25, 0.3) is 0 Å². The molecule has 3 saturated carbocycles. The molecule has 0 amide bonds. The largest absolute Gasteiger partial charge is 0.0594 e. The van der Waals surface area contributed by atoms with E-state index in [0.29, 0.717) is 5.41 Å². The van der Waals surface area contributed by atoms with Crippen LogP contribution in [0.5, 0.6) is 0 Å². The van der Waals surface area contributed by atoms with Gasteiger partial charge in [0, 0.05) is 0 Å². The molecular formula is C10H18. The van der Waals surface area contributed by atoms with Crippen LogP contribution in [0.3, 0.4) is 0 Å². The van der Waals surface area contributed by atoms with Crippen LogP contribution in [0.4, 0.5) is 0 Å². The maximum Gasteiger partial charge on any atom is -0.0269 e. The minimum atomic E-state index is 0.641. The molecule has 0 radical (unpaired) electrons. The molecule has 0 spiro atoms. The molecule has 3 aliphatic carbocycles. The molecule has 2 bridgehead atoms. The normalized spacial score (nSPS) is 50.1. The fourth-order valence-electron chi connectivity index (χ4n) is 2.84. The molecule has 3 fully saturated rings. The first kappa shape index (κ1) is 6.69. The lowest BCUT2D eigenvalue weighted by atomic mass is 9.45. The summed E-state index contributed by atoms with van der Waals surface area (Å²) in [5, 5.41) is 0. The molecule has 0 aromatic rings. The monoisotopic (exact) mass is 138 g/mol. The third kappa shape index (κ3) is 0.627. The maximum atomic E-state index is 2.47. The van der Waals surface area contributed by atoms with Crippen LogP contribution in [-0.2, 0) is 0 Å². The van der Waals surface area contributed by atoms with E-state index in [1.54, 1.807) is 0 Å². The molecule has 3 rings (SSSR count). The van der Waals surface area contributed by atoms with Crippen molar-refractivity contribution in [2.75, 3.05) is 0 Å². The predicted octanol–water partition coefficient (Wildman–Crippen LogP) is 3.22. The zero-order valence-corrected chi connectivity index (χ0v) is 7.41. The molecule has 0 nitrogen and oxygen atoms in total. The van der Waals surface area contributed by atoms with Gasteiger partial charge in [-0.05, 0) is 42.4 Å². The van der Waals surface area contributed by atoms with Crippen molar-refractivity contribution < 1.29 is 0 Å². The maximum absolute atomic E-state index is 2.47. The molecule has 58 valence electrons. The van der Waals surface area contributed by atoms with Crippen molar-refractivity contribution in [3.63, 3.8) is 0 Å². The van der Waals surface area contributed by atoms with Crippen LogP contribution >= 0.6 is 0 Å². The Kier molecular flexibility index (Phi) is 1.07. The summed E-state index contributed by atoms with van der Waals surface area (Å²) in [6.45, 7) is 7.37. The van der Waals surface area contributed by atoms with E-state index < -0.39 is 0 Å². The summed E-state index contributed by atoms with van der Waals surface area (Å²) < 4.78 is 0. The molecule has 0 aliphatic heterocycles. The second-order valence-electron chi connectivity index (χ2n) is 5.26. The summed E-state index contributed by atoms with van der Waals surface area (Å²) in [6.07, 6.45) is 6.00. The van der Waals surface area contributed by atoms with Crippen LogP contribution in [0, 0.1) is 16.7 Å². The first-order chi connectivity index (χ1) is 4.54. The molecule has 0 aromatic heterocycles. The van der Waals surface area contributed by atoms with Crippen molar-refractivity contribution in [1.29, 1.82) is 0 Å². The summed E-state index contributed by atoms with van der Waals surface area (Å²) in [5.41, 5.74) is 1.36. The van der Waals surface area contributed by atoms with Gasteiger partial charge < -0.3 is 0 Å². The highest BCUT2D eigenvalue weighted by Crippen LogP contribution is 2.64. The number of hydrogen-bond donors (Lipinski definition) is 0. The first-order valence-corrected chi connectivity index (χ1v) is 4.54. The van der Waals surface area contributed by atoms with Crippen LogP contribution in [0.25, 0.3) is 0 Å². The van der Waals surface area contributed by atoms with Crippen molar-refractivity contribution in [1.82, 2.24) is 0 Å². The van der Waals surface area contributed by atoms with Crippen LogP contribution in [-0.4, -0.2) is 0 Å². The SMILES string of the molecule is CC1(C)CCC2CC1(C)C2. The molecule has 10 heavy (non-hydrogen) atoms. The van der Waals surface area contributed by atoms with Crippen molar-refractivity contribution in [2.45, 2.75) is 46.5 Å². The van der Waals surface area contributed by atoms with Crippen molar-refractivity contribution in [2.24, 2.45) is 16.7 Å². The first-order valence-electron chi connectivity index (χ1n) is 4.54. The van der Waals surface area contributed by atoms with E-state index >= 15 is 0 Å². The van der Waals surface area contributed by atoms with Gasteiger partial charge in [-0.3, -0.25) is 0 Å². The lowest BCUT2D eigenvalue weighted by Gasteiger charge is -2.60. The summed E-state index contributed by atoms with van der Waals surface area (Å²) >= 11 is 0. The quantitative estimate of drug-likeness (QED) is 0.482. The zero-order chi connectivity index (χ0) is 7.41. The van der Waals surface area contributed by atoms with Gasteiger partial charge in [0.2, 0.25) is 0 Å². The van der Waals surface area contributed by atoms with Crippen molar-refractivity contribution >= 4 is 0 Å². The third-order valence-corrected chi connectivity index (χ3v) is 4.29. The van der Waals surface area contributed by atoms with Gasteiger partial charge in [-0.2, -0.15) is 0 Å². The third-order valence-electron chi connectivity index (χ3n) is 4.29. The number of fused-ring (bicyclic) bond motifs is 2. The average Bonchev–Trinajstić information content (AvgIpc) is 1.73. The van der Waals surface area contributed by atoms with E-state index in [4.69, 9.17) is 0 Å². The van der Waals surface area contributed by atoms with Crippen LogP contribution in [0.1, 0.15) is 46.5 Å². The summed E-state index contributed by atoms with van der Waals surface area (Å²) in [7, 11) is 0. The molecule has 0 atom stereocenters. The molecule has 0 aromatic carbocycles. The highest BCUT2D eigenvalue weighted by atomic mass is 14.6. The molecule has 0 saturated heterocycles. The van der Waals surface area contributed by atoms with E-state index in [0.717, 1.165) is 11.3 Å². The number of hydrogen-bond acceptors (Lipinski definition) is 0. The Labute approximate surface area is 64.0 Å². The Morgan fingerprint density at radius 1 is 1.10 bits per heavy atom. The Bertz CT molecular complexity index is 140. The standard InChI is InChI=1S/C10H18/c1-9(2)5-4-8-6-10(9,3)7-8/h8H,4-7H2,1-3H3. The predicted molar refractivity (Wildman–Crippen MR) is 43.8 cm³/mol. The summed E-state index contributed by atoms with van der Waals surface area (Å²) in [5.74, 6) is 1.11. The van der Waals surface area contributed by atoms with Crippen molar-refractivity contribution in [3.8, 4) is 0 Å². The van der Waals surface area contributed by atoms with Gasteiger partial charge in [-0.15, -0.1) is 0 Å². The van der Waals surface area contributed by atoms with Gasteiger partial charge >= 0.3 is 0 Å². The van der Waals surface area contributed by atoms with E-state index in [1.165, 1.54) is 25.7 Å². The zero-order valence-electron chi connectivity index (χ0n) is 7.41. The summed E-state index contributed by atoms with van der Waals surface area (Å²) in [6, 6.07) is 0. The van der Waals surface area contributed by atoms with E-state index in [1.807, 2.05) is 0 Å². The van der Waals surface area contributed by atoms with Crippen LogP contribution in [0.2, 0.25) is 0 Å². The van der Waals surface area contributed by atoms with Gasteiger partial charge in [-0.25, -0.2) is 0 Å². The second kappa shape index (κ2) is 1.60. The van der Waals surface area contributed by atoms with E-state index in [9.17, 15) is 0 Å². The van der Waals surface area contributed by atoms with Gasteiger partial charge in [0.05, 0.1) is 0 Å². The minimum absolute atomic E-state index is 0.641. The fraction of sp³-hybridized carbons (Fsp3) is 1.00. The Balaban J connectivity index is 2.21. The minimum Gasteiger partial charge on any atom is -0.0594 e. The lowest BCUT2D eigenvalue weighted by Crippen LogP contribution is -2.50. The molecule has 3 aliphatic rings. The Morgan fingerprint density at radius 3 is 2.00 bits per heavy atom. The van der Waals surface area contributed by atoms with E-state index in [2.05, 4.69) is 20.8 Å². The smallest absolute Gasteiger partial charge is 0.0269 e. The molecule has 0 N–H and O–H groups in total. The average molecular weight is 138 g/mol. The van der Waals surface area contributed by atoms with E-state index in [-0.39, 0.29) is 0 Å². The highest BCUT2D eigenvalue weighted by Gasteiger charge is 2.53. The number of rotatable bonds is 0. The molecule has 0 heterocycles. The van der Waals surface area contributed by atoms with Gasteiger partial charge in [0.1, 0.15) is 0 Å². The van der Waals surface area contributed by atoms with Crippen LogP contribution < -0.4 is 0 Å². The fourth-order valence-corrected chi connectivity index (χ4v) is 2.84. The topological polar surface area (TPSA) is 0 Å². The summed E-state index contributed by atoms with van der Waals surface area (Å²) in [4.78, 5) is 0. The molecule has 0 unspecified atom stereocenters. The lowest BCUT2D eigenvalue weighted by molar-refractivity contribution is -0.101. The van der Waals surface area contributed by atoms with Crippen molar-refractivity contribution in [3.05, 3.63) is 0 Å². The van der Waals surface area contributed by atoms with Gasteiger partial charge in [-0.1, -0.05) is 20.8 Å². The Hall–Kier alpha value is 0. The highest BCUT2D eigenvalue weighted by molar-refractivity contribution is 5.04. The Morgan fingerprint density at radius 2 is 1.70 bits per heavy atom. The molecule has 0 heteroatoms. The van der Waals surface area contributed by atoms with Crippen LogP contribution in [0.15, 0.2) is 0 Å². The van der Waals surface area contributed by atoms with Gasteiger partial charge in [0.15, 0.2) is 0 Å².